The quantitative estimate of drug-likeness (QED) is 0.501. The van der Waals surface area contributed by atoms with Crippen LogP contribution in [0.25, 0.3) is 11.5 Å². The number of carbonyl (C=O) groups is 1. The SMILES string of the molecule is CC(C)(C)OC(=O)C(c1ccc(Cn2nc(-c3ccccc3)oc2=O)cc1)C1CCCC1. The standard InChI is InChI=1S/C26H30N2O4/c1-26(2,3)32-24(29)22(19-9-7-8-10-19)20-15-13-18(14-16-20)17-28-25(30)31-23(27-28)21-11-5-4-6-12-21/h4-6,11-16,19,22H,7-10,17H2,1-3H3. The van der Waals surface area contributed by atoms with Gasteiger partial charge in [-0.1, -0.05) is 55.3 Å². The van der Waals surface area contributed by atoms with Crippen LogP contribution in [0.2, 0.25) is 0 Å². The van der Waals surface area contributed by atoms with Gasteiger partial charge >= 0.3 is 11.7 Å². The Bertz CT molecular complexity index is 1100. The van der Waals surface area contributed by atoms with Crippen LogP contribution in [-0.4, -0.2) is 21.4 Å². The lowest BCUT2D eigenvalue weighted by molar-refractivity contribution is -0.158. The summed E-state index contributed by atoms with van der Waals surface area (Å²) in [5.41, 5.74) is 2.12. The van der Waals surface area contributed by atoms with Gasteiger partial charge in [0.15, 0.2) is 0 Å². The number of carbonyl (C=O) groups excluding carboxylic acids is 1. The van der Waals surface area contributed by atoms with Gasteiger partial charge in [0.25, 0.3) is 0 Å². The molecule has 1 heterocycles. The van der Waals surface area contributed by atoms with Gasteiger partial charge in [-0.15, -0.1) is 5.10 Å². The molecular weight excluding hydrogens is 404 g/mol. The largest absolute Gasteiger partial charge is 0.459 e. The van der Waals surface area contributed by atoms with Crippen molar-refractivity contribution in [2.45, 2.75) is 64.5 Å². The molecule has 168 valence electrons. The molecular formula is C26H30N2O4. The van der Waals surface area contributed by atoms with Crippen molar-refractivity contribution in [3.63, 3.8) is 0 Å². The molecule has 0 saturated heterocycles. The van der Waals surface area contributed by atoms with Crippen molar-refractivity contribution in [1.82, 2.24) is 9.78 Å². The van der Waals surface area contributed by atoms with Crippen LogP contribution in [0, 0.1) is 5.92 Å². The van der Waals surface area contributed by atoms with E-state index in [0.29, 0.717) is 18.4 Å². The summed E-state index contributed by atoms with van der Waals surface area (Å²) >= 11 is 0. The first-order valence-electron chi connectivity index (χ1n) is 11.3. The third-order valence-electron chi connectivity index (χ3n) is 5.83. The number of ether oxygens (including phenoxy) is 1. The number of aromatic nitrogens is 2. The van der Waals surface area contributed by atoms with E-state index in [-0.39, 0.29) is 11.9 Å². The third-order valence-corrected chi connectivity index (χ3v) is 5.83. The van der Waals surface area contributed by atoms with Crippen molar-refractivity contribution in [2.24, 2.45) is 5.92 Å². The fraction of sp³-hybridized carbons (Fsp3) is 0.423. The summed E-state index contributed by atoms with van der Waals surface area (Å²) in [6.45, 7) is 6.01. The Hall–Kier alpha value is -3.15. The smallest absolute Gasteiger partial charge is 0.437 e. The first kappa shape index (κ1) is 22.1. The van der Waals surface area contributed by atoms with E-state index >= 15 is 0 Å². The number of rotatable bonds is 6. The Morgan fingerprint density at radius 3 is 2.38 bits per heavy atom. The second-order valence-corrected chi connectivity index (χ2v) is 9.49. The molecule has 1 saturated carbocycles. The summed E-state index contributed by atoms with van der Waals surface area (Å²) in [6.07, 6.45) is 4.40. The molecule has 1 aliphatic rings. The molecule has 0 spiro atoms. The fourth-order valence-electron chi connectivity index (χ4n) is 4.36. The zero-order valence-electron chi connectivity index (χ0n) is 18.9. The lowest BCUT2D eigenvalue weighted by Crippen LogP contribution is -2.30. The monoisotopic (exact) mass is 434 g/mol. The number of hydrogen-bond acceptors (Lipinski definition) is 5. The Morgan fingerprint density at radius 2 is 1.75 bits per heavy atom. The third kappa shape index (κ3) is 5.18. The van der Waals surface area contributed by atoms with E-state index in [1.165, 1.54) is 4.68 Å². The maximum Gasteiger partial charge on any atom is 0.437 e. The highest BCUT2D eigenvalue weighted by Gasteiger charge is 2.35. The fourth-order valence-corrected chi connectivity index (χ4v) is 4.36. The first-order valence-corrected chi connectivity index (χ1v) is 11.3. The summed E-state index contributed by atoms with van der Waals surface area (Å²) in [4.78, 5) is 25.3. The molecule has 0 bridgehead atoms. The summed E-state index contributed by atoms with van der Waals surface area (Å²) in [7, 11) is 0. The molecule has 3 aromatic rings. The average molecular weight is 435 g/mol. The summed E-state index contributed by atoms with van der Waals surface area (Å²) < 4.78 is 12.4. The van der Waals surface area contributed by atoms with E-state index in [4.69, 9.17) is 9.15 Å². The van der Waals surface area contributed by atoms with Crippen LogP contribution in [0.4, 0.5) is 0 Å². The van der Waals surface area contributed by atoms with Crippen LogP contribution in [0.3, 0.4) is 0 Å². The maximum absolute atomic E-state index is 13.0. The van der Waals surface area contributed by atoms with Crippen molar-refractivity contribution >= 4 is 5.97 Å². The predicted molar refractivity (Wildman–Crippen MR) is 122 cm³/mol. The molecule has 1 aliphatic carbocycles. The van der Waals surface area contributed by atoms with Gasteiger partial charge in [0.2, 0.25) is 5.89 Å². The highest BCUT2D eigenvalue weighted by Crippen LogP contribution is 2.39. The summed E-state index contributed by atoms with van der Waals surface area (Å²) in [6, 6.07) is 17.2. The van der Waals surface area contributed by atoms with E-state index in [1.54, 1.807) is 0 Å². The van der Waals surface area contributed by atoms with E-state index in [9.17, 15) is 9.59 Å². The van der Waals surface area contributed by atoms with Gasteiger partial charge in [-0.3, -0.25) is 4.79 Å². The zero-order valence-corrected chi connectivity index (χ0v) is 18.9. The second-order valence-electron chi connectivity index (χ2n) is 9.49. The van der Waals surface area contributed by atoms with E-state index in [2.05, 4.69) is 5.10 Å². The first-order chi connectivity index (χ1) is 15.3. The second kappa shape index (κ2) is 9.15. The van der Waals surface area contributed by atoms with Crippen LogP contribution in [-0.2, 0) is 16.1 Å². The molecule has 1 fully saturated rings. The lowest BCUT2D eigenvalue weighted by Gasteiger charge is -2.27. The topological polar surface area (TPSA) is 74.3 Å². The van der Waals surface area contributed by atoms with Crippen molar-refractivity contribution in [1.29, 1.82) is 0 Å². The number of nitrogens with zero attached hydrogens (tertiary/aromatic N) is 2. The number of benzene rings is 2. The number of esters is 1. The molecule has 1 unspecified atom stereocenters. The molecule has 32 heavy (non-hydrogen) atoms. The van der Waals surface area contributed by atoms with Gasteiger partial charge in [0.1, 0.15) is 5.60 Å². The van der Waals surface area contributed by atoms with E-state index in [0.717, 1.165) is 42.4 Å². The molecule has 1 aromatic heterocycles. The average Bonchev–Trinajstić information content (AvgIpc) is 3.39. The molecule has 4 rings (SSSR count). The van der Waals surface area contributed by atoms with Gasteiger partial charge in [0, 0.05) is 5.56 Å². The van der Waals surface area contributed by atoms with Gasteiger partial charge < -0.3 is 9.15 Å². The predicted octanol–water partition coefficient (Wildman–Crippen LogP) is 5.17. The molecule has 0 amide bonds. The molecule has 0 aliphatic heterocycles. The molecule has 0 radical (unpaired) electrons. The lowest BCUT2D eigenvalue weighted by atomic mass is 9.84. The maximum atomic E-state index is 13.0. The van der Waals surface area contributed by atoms with Crippen LogP contribution in [0.1, 0.15) is 63.5 Å². The Labute approximate surface area is 188 Å². The Balaban J connectivity index is 1.53. The van der Waals surface area contributed by atoms with Gasteiger partial charge in [-0.05, 0) is 62.8 Å². The van der Waals surface area contributed by atoms with Crippen LogP contribution >= 0.6 is 0 Å². The minimum Gasteiger partial charge on any atom is -0.459 e. The van der Waals surface area contributed by atoms with Crippen molar-refractivity contribution in [3.05, 3.63) is 76.3 Å². The normalized spacial score (nSPS) is 15.6. The highest BCUT2D eigenvalue weighted by molar-refractivity contribution is 5.79. The minimum absolute atomic E-state index is 0.155. The van der Waals surface area contributed by atoms with E-state index < -0.39 is 11.4 Å². The molecule has 2 aromatic carbocycles. The van der Waals surface area contributed by atoms with Crippen LogP contribution < -0.4 is 5.76 Å². The molecule has 6 heteroatoms. The molecule has 1 atom stereocenters. The molecule has 0 N–H and O–H groups in total. The summed E-state index contributed by atoms with van der Waals surface area (Å²) in [5.74, 6) is -0.297. The van der Waals surface area contributed by atoms with Crippen LogP contribution in [0.5, 0.6) is 0 Å². The summed E-state index contributed by atoms with van der Waals surface area (Å²) in [5, 5.41) is 4.33. The van der Waals surface area contributed by atoms with Crippen LogP contribution in [0.15, 0.2) is 63.8 Å². The Morgan fingerprint density at radius 1 is 1.09 bits per heavy atom. The van der Waals surface area contributed by atoms with E-state index in [1.807, 2.05) is 75.4 Å². The van der Waals surface area contributed by atoms with Gasteiger partial charge in [-0.25, -0.2) is 4.79 Å². The minimum atomic E-state index is -0.515. The van der Waals surface area contributed by atoms with Gasteiger partial charge in [0.05, 0.1) is 12.5 Å². The van der Waals surface area contributed by atoms with Crippen molar-refractivity contribution < 1.29 is 13.9 Å². The van der Waals surface area contributed by atoms with Gasteiger partial charge in [-0.2, -0.15) is 4.68 Å². The Kier molecular flexibility index (Phi) is 6.31. The van der Waals surface area contributed by atoms with Crippen molar-refractivity contribution in [3.8, 4) is 11.5 Å². The zero-order chi connectivity index (χ0) is 22.7. The number of hydrogen-bond donors (Lipinski definition) is 0. The molecule has 6 nitrogen and oxygen atoms in total. The highest BCUT2D eigenvalue weighted by atomic mass is 16.6. The van der Waals surface area contributed by atoms with Crippen molar-refractivity contribution in [2.75, 3.05) is 0 Å².